The van der Waals surface area contributed by atoms with E-state index in [1.807, 2.05) is 18.2 Å². The Morgan fingerprint density at radius 1 is 1.00 bits per heavy atom. The minimum atomic E-state index is 0.0743. The van der Waals surface area contributed by atoms with Gasteiger partial charge in [-0.3, -0.25) is 4.79 Å². The summed E-state index contributed by atoms with van der Waals surface area (Å²) >= 11 is 0. The molecule has 0 spiro atoms. The van der Waals surface area contributed by atoms with Gasteiger partial charge in [0, 0.05) is 30.6 Å². The van der Waals surface area contributed by atoms with Crippen molar-refractivity contribution >= 4 is 11.7 Å². The van der Waals surface area contributed by atoms with Gasteiger partial charge in [0.1, 0.15) is 0 Å². The van der Waals surface area contributed by atoms with Crippen molar-refractivity contribution in [3.05, 3.63) is 77.9 Å². The Balaban J connectivity index is 1.24. The average molecular weight is 429 g/mol. The van der Waals surface area contributed by atoms with Crippen LogP contribution in [0.2, 0.25) is 0 Å². The molecule has 1 aliphatic heterocycles. The lowest BCUT2D eigenvalue weighted by molar-refractivity contribution is -0.126. The Morgan fingerprint density at radius 2 is 1.72 bits per heavy atom. The summed E-state index contributed by atoms with van der Waals surface area (Å²) in [5.41, 5.74) is 4.51. The van der Waals surface area contributed by atoms with Crippen molar-refractivity contribution in [3.8, 4) is 11.3 Å². The molecule has 1 fully saturated rings. The summed E-state index contributed by atoms with van der Waals surface area (Å²) in [4.78, 5) is 15.0. The molecular weight excluding hydrogens is 396 g/mol. The van der Waals surface area contributed by atoms with E-state index in [4.69, 9.17) is 0 Å². The van der Waals surface area contributed by atoms with Gasteiger partial charge in [-0.2, -0.15) is 0 Å². The number of nitrogens with zero attached hydrogens (tertiary/aromatic N) is 3. The van der Waals surface area contributed by atoms with Gasteiger partial charge in [0.05, 0.1) is 5.69 Å². The van der Waals surface area contributed by atoms with Gasteiger partial charge in [-0.15, -0.1) is 10.2 Å². The second kappa shape index (κ2) is 10.4. The van der Waals surface area contributed by atoms with Gasteiger partial charge >= 0.3 is 0 Å². The molecule has 166 valence electrons. The lowest BCUT2D eigenvalue weighted by atomic mass is 9.95. The molecule has 1 aromatic heterocycles. The fraction of sp³-hybridized carbons (Fsp3) is 0.370. The van der Waals surface area contributed by atoms with E-state index in [2.05, 4.69) is 82.8 Å². The molecule has 0 saturated carbocycles. The molecule has 4 rings (SSSR count). The maximum Gasteiger partial charge on any atom is 0.223 e. The van der Waals surface area contributed by atoms with Gasteiger partial charge in [-0.05, 0) is 57.2 Å². The van der Waals surface area contributed by atoms with Crippen molar-refractivity contribution in [2.24, 2.45) is 5.92 Å². The highest BCUT2D eigenvalue weighted by Gasteiger charge is 2.26. The molecule has 1 atom stereocenters. The number of aromatic nitrogens is 2. The number of amides is 1. The normalized spacial score (nSPS) is 15.4. The highest BCUT2D eigenvalue weighted by atomic mass is 16.1. The van der Waals surface area contributed by atoms with Crippen LogP contribution in [0.1, 0.15) is 37.3 Å². The van der Waals surface area contributed by atoms with Crippen molar-refractivity contribution in [1.82, 2.24) is 15.5 Å². The Morgan fingerprint density at radius 3 is 2.38 bits per heavy atom. The molecule has 1 N–H and O–H groups in total. The number of nitrogens with one attached hydrogen (secondary N) is 1. The summed E-state index contributed by atoms with van der Waals surface area (Å²) in [7, 11) is 0. The first-order chi connectivity index (χ1) is 15.6. The molecular formula is C27H32N4O. The van der Waals surface area contributed by atoms with Crippen molar-refractivity contribution in [3.63, 3.8) is 0 Å². The molecule has 1 amide bonds. The molecule has 0 radical (unpaired) electrons. The lowest BCUT2D eigenvalue weighted by Crippen LogP contribution is -2.43. The minimum absolute atomic E-state index is 0.0743. The van der Waals surface area contributed by atoms with Crippen LogP contribution in [0.4, 0.5) is 5.82 Å². The molecule has 0 aliphatic carbocycles. The molecule has 2 aromatic carbocycles. The number of hydrogen-bond acceptors (Lipinski definition) is 4. The fourth-order valence-electron chi connectivity index (χ4n) is 4.20. The topological polar surface area (TPSA) is 58.1 Å². The van der Waals surface area contributed by atoms with Crippen molar-refractivity contribution in [2.75, 3.05) is 18.0 Å². The van der Waals surface area contributed by atoms with E-state index < -0.39 is 0 Å². The molecule has 5 heteroatoms. The second-order valence-corrected chi connectivity index (χ2v) is 8.84. The summed E-state index contributed by atoms with van der Waals surface area (Å²) in [5.74, 6) is 1.15. The minimum Gasteiger partial charge on any atom is -0.355 e. The van der Waals surface area contributed by atoms with Crippen LogP contribution >= 0.6 is 0 Å². The molecule has 32 heavy (non-hydrogen) atoms. The summed E-state index contributed by atoms with van der Waals surface area (Å²) in [6, 6.07) is 23.0. The first kappa shape index (κ1) is 22.0. The Kier molecular flexibility index (Phi) is 7.15. The third-order valence-electron chi connectivity index (χ3n) is 6.29. The van der Waals surface area contributed by atoms with Crippen LogP contribution in [0.5, 0.6) is 0 Å². The van der Waals surface area contributed by atoms with Crippen LogP contribution in [-0.2, 0) is 11.2 Å². The standard InChI is InChI=1S/C27H32N4O/c1-20-8-12-23(13-9-20)25-14-15-26(30-29-25)31-18-16-24(17-19-31)27(32)28-21(2)10-11-22-6-4-3-5-7-22/h3-9,12-15,21,24H,10-11,16-19H2,1-2H3,(H,28,32)/t21-/m0/s1. The summed E-state index contributed by atoms with van der Waals surface area (Å²) in [5, 5.41) is 12.1. The monoisotopic (exact) mass is 428 g/mol. The zero-order valence-electron chi connectivity index (χ0n) is 19.0. The highest BCUT2D eigenvalue weighted by molar-refractivity contribution is 5.79. The van der Waals surface area contributed by atoms with Crippen LogP contribution in [0.15, 0.2) is 66.7 Å². The van der Waals surface area contributed by atoms with E-state index in [1.54, 1.807) is 0 Å². The maximum absolute atomic E-state index is 12.7. The van der Waals surface area contributed by atoms with E-state index in [1.165, 1.54) is 11.1 Å². The number of piperidine rings is 1. The van der Waals surface area contributed by atoms with Gasteiger partial charge in [-0.25, -0.2) is 0 Å². The second-order valence-electron chi connectivity index (χ2n) is 8.84. The first-order valence-electron chi connectivity index (χ1n) is 11.6. The predicted octanol–water partition coefficient (Wildman–Crippen LogP) is 4.81. The first-order valence-corrected chi connectivity index (χ1v) is 11.6. The molecule has 0 unspecified atom stereocenters. The molecule has 5 nitrogen and oxygen atoms in total. The third kappa shape index (κ3) is 5.72. The number of anilines is 1. The predicted molar refractivity (Wildman–Crippen MR) is 130 cm³/mol. The van der Waals surface area contributed by atoms with E-state index in [0.29, 0.717) is 0 Å². The Bertz CT molecular complexity index is 994. The maximum atomic E-state index is 12.7. The molecule has 2 heterocycles. The number of carbonyl (C=O) groups is 1. The van der Waals surface area contributed by atoms with Crippen LogP contribution in [-0.4, -0.2) is 35.2 Å². The number of benzene rings is 2. The largest absolute Gasteiger partial charge is 0.355 e. The third-order valence-corrected chi connectivity index (χ3v) is 6.29. The smallest absolute Gasteiger partial charge is 0.223 e. The molecule has 0 bridgehead atoms. The summed E-state index contributed by atoms with van der Waals surface area (Å²) in [6.45, 7) is 5.83. The Labute approximate surface area is 190 Å². The van der Waals surface area contributed by atoms with Gasteiger partial charge in [-0.1, -0.05) is 60.2 Å². The number of aryl methyl sites for hydroxylation is 2. The lowest BCUT2D eigenvalue weighted by Gasteiger charge is -2.32. The van der Waals surface area contributed by atoms with E-state index in [9.17, 15) is 4.79 Å². The summed E-state index contributed by atoms with van der Waals surface area (Å²) < 4.78 is 0. The van der Waals surface area contributed by atoms with Crippen molar-refractivity contribution in [2.45, 2.75) is 45.6 Å². The fourth-order valence-corrected chi connectivity index (χ4v) is 4.20. The van der Waals surface area contributed by atoms with Gasteiger partial charge < -0.3 is 10.2 Å². The van der Waals surface area contributed by atoms with Crippen LogP contribution in [0.25, 0.3) is 11.3 Å². The average Bonchev–Trinajstić information content (AvgIpc) is 2.84. The Hall–Kier alpha value is -3.21. The van der Waals surface area contributed by atoms with Crippen LogP contribution in [0.3, 0.4) is 0 Å². The van der Waals surface area contributed by atoms with Gasteiger partial charge in [0.25, 0.3) is 0 Å². The zero-order valence-corrected chi connectivity index (χ0v) is 19.0. The highest BCUT2D eigenvalue weighted by Crippen LogP contribution is 2.24. The van der Waals surface area contributed by atoms with E-state index >= 15 is 0 Å². The summed E-state index contributed by atoms with van der Waals surface area (Å²) in [6.07, 6.45) is 3.63. The molecule has 1 saturated heterocycles. The van der Waals surface area contributed by atoms with Crippen LogP contribution < -0.4 is 10.2 Å². The zero-order chi connectivity index (χ0) is 22.3. The SMILES string of the molecule is Cc1ccc(-c2ccc(N3CCC(C(=O)N[C@@H](C)CCc4ccccc4)CC3)nn2)cc1. The number of carbonyl (C=O) groups excluding carboxylic acids is 1. The number of rotatable bonds is 7. The quantitative estimate of drug-likeness (QED) is 0.587. The van der Waals surface area contributed by atoms with Gasteiger partial charge in [0.2, 0.25) is 5.91 Å². The van der Waals surface area contributed by atoms with Crippen LogP contribution in [0, 0.1) is 12.8 Å². The number of hydrogen-bond donors (Lipinski definition) is 1. The van der Waals surface area contributed by atoms with Gasteiger partial charge in [0.15, 0.2) is 5.82 Å². The molecule has 3 aromatic rings. The van der Waals surface area contributed by atoms with E-state index in [0.717, 1.165) is 55.8 Å². The molecule has 1 aliphatic rings. The van der Waals surface area contributed by atoms with Crippen molar-refractivity contribution < 1.29 is 4.79 Å². The van der Waals surface area contributed by atoms with Crippen molar-refractivity contribution in [1.29, 1.82) is 0 Å². The van der Waals surface area contributed by atoms with E-state index in [-0.39, 0.29) is 17.9 Å².